The Morgan fingerprint density at radius 1 is 1.40 bits per heavy atom. The Labute approximate surface area is 121 Å². The Hall–Kier alpha value is -1.58. The minimum absolute atomic E-state index is 0.0476. The van der Waals surface area contributed by atoms with Crippen molar-refractivity contribution in [1.29, 1.82) is 0 Å². The number of carbonyl (C=O) groups excluding carboxylic acids is 1. The summed E-state index contributed by atoms with van der Waals surface area (Å²) in [6, 6.07) is 2.09. The van der Waals surface area contributed by atoms with Crippen molar-refractivity contribution in [1.82, 2.24) is 4.98 Å². The Balaban J connectivity index is 2.62. The first kappa shape index (κ1) is 16.5. The Bertz CT molecular complexity index is 462. The molecule has 4 heteroatoms. The summed E-state index contributed by atoms with van der Waals surface area (Å²) in [5.41, 5.74) is 8.12. The van der Waals surface area contributed by atoms with Crippen LogP contribution in [0.4, 0.5) is 5.82 Å². The second-order valence-electron chi connectivity index (χ2n) is 6.41. The summed E-state index contributed by atoms with van der Waals surface area (Å²) in [5, 5.41) is 0. The molecule has 0 radical (unpaired) electrons. The van der Waals surface area contributed by atoms with Gasteiger partial charge in [-0.15, -0.1) is 0 Å². The van der Waals surface area contributed by atoms with Crippen LogP contribution in [0.2, 0.25) is 0 Å². The van der Waals surface area contributed by atoms with Gasteiger partial charge < -0.3 is 10.5 Å². The van der Waals surface area contributed by atoms with Crippen molar-refractivity contribution in [2.24, 2.45) is 0 Å². The van der Waals surface area contributed by atoms with E-state index in [0.717, 1.165) is 24.0 Å². The van der Waals surface area contributed by atoms with Crippen LogP contribution in [0, 0.1) is 0 Å². The van der Waals surface area contributed by atoms with E-state index in [-0.39, 0.29) is 17.5 Å². The lowest BCUT2D eigenvalue weighted by molar-refractivity contribution is -0.147. The van der Waals surface area contributed by atoms with Crippen molar-refractivity contribution >= 4 is 11.8 Å². The number of hydrogen-bond acceptors (Lipinski definition) is 4. The molecule has 112 valence electrons. The van der Waals surface area contributed by atoms with Crippen molar-refractivity contribution in [3.63, 3.8) is 0 Å². The molecule has 1 aromatic heterocycles. The van der Waals surface area contributed by atoms with Gasteiger partial charge in [-0.1, -0.05) is 26.8 Å². The van der Waals surface area contributed by atoms with Crippen LogP contribution in [0.5, 0.6) is 0 Å². The fourth-order valence-electron chi connectivity index (χ4n) is 1.88. The molecule has 0 saturated heterocycles. The minimum atomic E-state index is -0.154. The Kier molecular flexibility index (Phi) is 5.54. The molecule has 2 N–H and O–H groups in total. The number of nitrogen functional groups attached to an aromatic ring is 1. The van der Waals surface area contributed by atoms with Crippen LogP contribution in [0.1, 0.15) is 58.6 Å². The first-order valence-electron chi connectivity index (χ1n) is 7.14. The number of anilines is 1. The number of hydrogen-bond donors (Lipinski definition) is 1. The van der Waals surface area contributed by atoms with Crippen molar-refractivity contribution < 1.29 is 9.53 Å². The van der Waals surface area contributed by atoms with E-state index in [4.69, 9.17) is 10.5 Å². The summed E-state index contributed by atoms with van der Waals surface area (Å²) in [6.45, 7) is 10.1. The first-order valence-corrected chi connectivity index (χ1v) is 7.14. The van der Waals surface area contributed by atoms with E-state index < -0.39 is 0 Å². The number of aryl methyl sites for hydroxylation is 1. The molecule has 0 spiro atoms. The third kappa shape index (κ3) is 5.19. The Morgan fingerprint density at radius 3 is 2.60 bits per heavy atom. The lowest BCUT2D eigenvalue weighted by atomic mass is 9.87. The molecule has 0 atom stereocenters. The number of aromatic nitrogens is 1. The van der Waals surface area contributed by atoms with Crippen molar-refractivity contribution in [2.75, 3.05) is 5.73 Å². The number of carbonyl (C=O) groups is 1. The zero-order chi connectivity index (χ0) is 15.3. The zero-order valence-electron chi connectivity index (χ0n) is 13.2. The van der Waals surface area contributed by atoms with Gasteiger partial charge in [0, 0.05) is 12.6 Å². The molecule has 1 heterocycles. The number of ether oxygens (including phenoxy) is 1. The highest BCUT2D eigenvalue weighted by Crippen LogP contribution is 2.24. The molecule has 0 bridgehead atoms. The third-order valence-electron chi connectivity index (χ3n) is 3.06. The van der Waals surface area contributed by atoms with E-state index in [2.05, 4.69) is 31.8 Å². The summed E-state index contributed by atoms with van der Waals surface area (Å²) >= 11 is 0. The highest BCUT2D eigenvalue weighted by Gasteiger charge is 2.16. The predicted molar refractivity (Wildman–Crippen MR) is 81.5 cm³/mol. The predicted octanol–water partition coefficient (Wildman–Crippen LogP) is 3.24. The van der Waals surface area contributed by atoms with Crippen LogP contribution in [0.3, 0.4) is 0 Å². The summed E-state index contributed by atoms with van der Waals surface area (Å²) in [6.07, 6.45) is 3.66. The van der Waals surface area contributed by atoms with Gasteiger partial charge >= 0.3 is 5.97 Å². The molecule has 0 unspecified atom stereocenters. The van der Waals surface area contributed by atoms with Crippen molar-refractivity contribution in [3.05, 3.63) is 23.4 Å². The van der Waals surface area contributed by atoms with Gasteiger partial charge in [0.05, 0.1) is 6.10 Å². The molecule has 4 nitrogen and oxygen atoms in total. The van der Waals surface area contributed by atoms with Crippen LogP contribution in [-0.4, -0.2) is 17.1 Å². The van der Waals surface area contributed by atoms with Gasteiger partial charge in [-0.05, 0) is 43.2 Å². The molecule has 0 saturated carbocycles. The number of esters is 1. The fourth-order valence-corrected chi connectivity index (χ4v) is 1.88. The molecule has 20 heavy (non-hydrogen) atoms. The molecule has 0 fully saturated rings. The summed E-state index contributed by atoms with van der Waals surface area (Å²) < 4.78 is 5.11. The quantitative estimate of drug-likeness (QED) is 0.840. The number of nitrogens with two attached hydrogens (primary N) is 1. The molecule has 0 aliphatic carbocycles. The van der Waals surface area contributed by atoms with E-state index in [9.17, 15) is 4.79 Å². The maximum atomic E-state index is 11.5. The topological polar surface area (TPSA) is 65.2 Å². The van der Waals surface area contributed by atoms with Crippen molar-refractivity contribution in [3.8, 4) is 0 Å². The van der Waals surface area contributed by atoms with Crippen LogP contribution in [0.15, 0.2) is 12.3 Å². The van der Waals surface area contributed by atoms with E-state index in [0.29, 0.717) is 12.2 Å². The van der Waals surface area contributed by atoms with E-state index in [1.165, 1.54) is 0 Å². The highest BCUT2D eigenvalue weighted by atomic mass is 16.5. The van der Waals surface area contributed by atoms with Gasteiger partial charge in [0.25, 0.3) is 0 Å². The fraction of sp³-hybridized carbons (Fsp3) is 0.625. The maximum Gasteiger partial charge on any atom is 0.306 e. The third-order valence-corrected chi connectivity index (χ3v) is 3.06. The number of nitrogens with zero attached hydrogens (tertiary/aromatic N) is 1. The summed E-state index contributed by atoms with van der Waals surface area (Å²) in [7, 11) is 0. The van der Waals surface area contributed by atoms with Crippen LogP contribution in [0.25, 0.3) is 0 Å². The van der Waals surface area contributed by atoms with Crippen LogP contribution >= 0.6 is 0 Å². The van der Waals surface area contributed by atoms with E-state index >= 15 is 0 Å². The highest BCUT2D eigenvalue weighted by molar-refractivity contribution is 5.69. The summed E-state index contributed by atoms with van der Waals surface area (Å²) in [5.74, 6) is 0.397. The number of pyridine rings is 1. The monoisotopic (exact) mass is 278 g/mol. The maximum absolute atomic E-state index is 11.5. The molecule has 1 rings (SSSR count). The first-order chi connectivity index (χ1) is 9.20. The van der Waals surface area contributed by atoms with Crippen LogP contribution < -0.4 is 5.73 Å². The smallest absolute Gasteiger partial charge is 0.306 e. The van der Waals surface area contributed by atoms with Gasteiger partial charge in [-0.3, -0.25) is 4.79 Å². The second kappa shape index (κ2) is 6.73. The lowest BCUT2D eigenvalue weighted by Gasteiger charge is -2.20. The van der Waals surface area contributed by atoms with Crippen molar-refractivity contribution in [2.45, 2.75) is 65.4 Å². The van der Waals surface area contributed by atoms with Gasteiger partial charge in [-0.2, -0.15) is 0 Å². The van der Waals surface area contributed by atoms with Crippen LogP contribution in [-0.2, 0) is 21.4 Å². The number of rotatable bonds is 5. The van der Waals surface area contributed by atoms with E-state index in [1.54, 1.807) is 0 Å². The average molecular weight is 278 g/mol. The zero-order valence-corrected chi connectivity index (χ0v) is 13.2. The van der Waals surface area contributed by atoms with E-state index in [1.807, 2.05) is 20.0 Å². The lowest BCUT2D eigenvalue weighted by Crippen LogP contribution is -2.14. The largest absolute Gasteiger partial charge is 0.463 e. The SMILES string of the molecule is CC(C)OC(=O)CCCc1cc(C(C)(C)C)cnc1N. The molecular weight excluding hydrogens is 252 g/mol. The average Bonchev–Trinajstić information content (AvgIpc) is 2.29. The molecular formula is C16H26N2O2. The van der Waals surface area contributed by atoms with Gasteiger partial charge in [0.15, 0.2) is 0 Å². The normalized spacial score (nSPS) is 11.7. The van der Waals surface area contributed by atoms with Gasteiger partial charge in [-0.25, -0.2) is 4.98 Å². The minimum Gasteiger partial charge on any atom is -0.463 e. The standard InChI is InChI=1S/C16H26N2O2/c1-11(2)20-14(19)8-6-7-12-9-13(16(3,4)5)10-18-15(12)17/h9-11H,6-8H2,1-5H3,(H2,17,18). The summed E-state index contributed by atoms with van der Waals surface area (Å²) in [4.78, 5) is 15.7. The molecule has 0 aromatic carbocycles. The Morgan fingerprint density at radius 2 is 2.05 bits per heavy atom. The van der Waals surface area contributed by atoms with Gasteiger partial charge in [0.2, 0.25) is 0 Å². The molecule has 0 aliphatic rings. The molecule has 1 aromatic rings. The molecule has 0 amide bonds. The van der Waals surface area contributed by atoms with Gasteiger partial charge in [0.1, 0.15) is 5.82 Å². The second-order valence-corrected chi connectivity index (χ2v) is 6.41. The molecule has 0 aliphatic heterocycles.